The zero-order valence-corrected chi connectivity index (χ0v) is 12.3. The Morgan fingerprint density at radius 2 is 2.10 bits per heavy atom. The molecule has 20 heavy (non-hydrogen) atoms. The van der Waals surface area contributed by atoms with Crippen molar-refractivity contribution in [2.45, 2.75) is 39.2 Å². The molecule has 2 aromatic rings. The van der Waals surface area contributed by atoms with Gasteiger partial charge in [-0.1, -0.05) is 0 Å². The van der Waals surface area contributed by atoms with Crippen LogP contribution in [0, 0.1) is 12.3 Å². The summed E-state index contributed by atoms with van der Waals surface area (Å²) in [5, 5.41) is 21.9. The number of aromatic nitrogens is 2. The maximum absolute atomic E-state index is 10.1. The van der Waals surface area contributed by atoms with Crippen molar-refractivity contribution in [3.8, 4) is 5.75 Å². The zero-order chi connectivity index (χ0) is 14.9. The molecule has 0 aliphatic rings. The number of aliphatic imine (C=N–C) groups is 1. The van der Waals surface area contributed by atoms with E-state index in [4.69, 9.17) is 5.41 Å². The van der Waals surface area contributed by atoms with Crippen molar-refractivity contribution in [2.75, 3.05) is 0 Å². The molecule has 2 N–H and O–H groups in total. The highest BCUT2D eigenvalue weighted by molar-refractivity contribution is 5.89. The van der Waals surface area contributed by atoms with Gasteiger partial charge in [-0.2, -0.15) is 5.10 Å². The van der Waals surface area contributed by atoms with E-state index in [1.165, 1.54) is 6.21 Å². The van der Waals surface area contributed by atoms with Crippen LogP contribution in [0.1, 0.15) is 37.9 Å². The number of nitrogens with one attached hydrogen (secondary N) is 1. The van der Waals surface area contributed by atoms with Crippen molar-refractivity contribution in [3.63, 3.8) is 0 Å². The molecule has 106 valence electrons. The summed E-state index contributed by atoms with van der Waals surface area (Å²) < 4.78 is 1.64. The minimum Gasteiger partial charge on any atom is -0.506 e. The van der Waals surface area contributed by atoms with Crippen molar-refractivity contribution in [1.29, 1.82) is 5.41 Å². The highest BCUT2D eigenvalue weighted by atomic mass is 16.3. The van der Waals surface area contributed by atoms with Crippen molar-refractivity contribution < 1.29 is 5.11 Å². The second-order valence-electron chi connectivity index (χ2n) is 5.92. The zero-order valence-electron chi connectivity index (χ0n) is 12.3. The Morgan fingerprint density at radius 1 is 1.40 bits per heavy atom. The standard InChI is InChI=1S/C15H20N4O/c1-10-5-13-14(20)6-11(9-19(13)18-10)12(7-16)8-17-15(2,3)4/h5-9,12,16,20H,1-4H3. The van der Waals surface area contributed by atoms with Gasteiger partial charge in [0.2, 0.25) is 0 Å². The molecule has 0 spiro atoms. The lowest BCUT2D eigenvalue weighted by Gasteiger charge is -2.14. The van der Waals surface area contributed by atoms with Crippen molar-refractivity contribution in [1.82, 2.24) is 9.61 Å². The molecule has 0 saturated carbocycles. The molecule has 5 heteroatoms. The largest absolute Gasteiger partial charge is 0.506 e. The van der Waals surface area contributed by atoms with E-state index >= 15 is 0 Å². The second kappa shape index (κ2) is 5.07. The summed E-state index contributed by atoms with van der Waals surface area (Å²) in [5.74, 6) is -0.104. The van der Waals surface area contributed by atoms with Crippen LogP contribution in [0.4, 0.5) is 0 Å². The SMILES string of the molecule is Cc1cc2c(O)cc(C(C=N)C=NC(C)(C)C)cn2n1. The molecule has 0 fully saturated rings. The molecule has 5 nitrogen and oxygen atoms in total. The van der Waals surface area contributed by atoms with Gasteiger partial charge in [-0.05, 0) is 45.4 Å². The highest BCUT2D eigenvalue weighted by Crippen LogP contribution is 2.24. The Kier molecular flexibility index (Phi) is 3.61. The average molecular weight is 272 g/mol. The van der Waals surface area contributed by atoms with Crippen LogP contribution in [0.15, 0.2) is 23.3 Å². The van der Waals surface area contributed by atoms with Crippen molar-refractivity contribution in [2.24, 2.45) is 4.99 Å². The van der Waals surface area contributed by atoms with Crippen LogP contribution < -0.4 is 0 Å². The molecular weight excluding hydrogens is 252 g/mol. The van der Waals surface area contributed by atoms with Gasteiger partial charge in [-0.3, -0.25) is 4.99 Å². The van der Waals surface area contributed by atoms with Gasteiger partial charge in [0.1, 0.15) is 11.3 Å². The number of rotatable bonds is 3. The minimum absolute atomic E-state index is 0.166. The molecule has 0 saturated heterocycles. The van der Waals surface area contributed by atoms with Crippen LogP contribution in [0.2, 0.25) is 0 Å². The van der Waals surface area contributed by atoms with E-state index in [1.54, 1.807) is 16.8 Å². The molecule has 1 unspecified atom stereocenters. The van der Waals surface area contributed by atoms with Crippen LogP contribution in [-0.2, 0) is 0 Å². The van der Waals surface area contributed by atoms with Crippen LogP contribution >= 0.6 is 0 Å². The first kappa shape index (κ1) is 14.2. The molecular formula is C15H20N4O. The lowest BCUT2D eigenvalue weighted by Crippen LogP contribution is -2.12. The fraction of sp³-hybridized carbons (Fsp3) is 0.400. The maximum Gasteiger partial charge on any atom is 0.141 e. The topological polar surface area (TPSA) is 73.7 Å². The molecule has 0 aliphatic carbocycles. The van der Waals surface area contributed by atoms with Gasteiger partial charge in [-0.25, -0.2) is 4.52 Å². The molecule has 0 bridgehead atoms. The van der Waals surface area contributed by atoms with Gasteiger partial charge in [-0.15, -0.1) is 0 Å². The van der Waals surface area contributed by atoms with Gasteiger partial charge < -0.3 is 10.5 Å². The Morgan fingerprint density at radius 3 is 2.70 bits per heavy atom. The minimum atomic E-state index is -0.269. The molecule has 0 amide bonds. The first-order valence-corrected chi connectivity index (χ1v) is 6.55. The number of aromatic hydroxyl groups is 1. The molecule has 0 radical (unpaired) electrons. The number of pyridine rings is 1. The summed E-state index contributed by atoms with van der Waals surface area (Å²) in [7, 11) is 0. The van der Waals surface area contributed by atoms with E-state index in [0.29, 0.717) is 5.52 Å². The Labute approximate surface area is 118 Å². The highest BCUT2D eigenvalue weighted by Gasteiger charge is 2.13. The van der Waals surface area contributed by atoms with E-state index in [1.807, 2.05) is 40.0 Å². The van der Waals surface area contributed by atoms with Crippen molar-refractivity contribution in [3.05, 3.63) is 29.6 Å². The number of hydrogen-bond acceptors (Lipinski definition) is 4. The Bertz CT molecular complexity index is 664. The predicted molar refractivity (Wildman–Crippen MR) is 81.4 cm³/mol. The molecule has 1 atom stereocenters. The lowest BCUT2D eigenvalue weighted by molar-refractivity contribution is 0.477. The first-order valence-electron chi connectivity index (χ1n) is 6.55. The van der Waals surface area contributed by atoms with Crippen LogP contribution in [0.3, 0.4) is 0 Å². The third kappa shape index (κ3) is 3.04. The molecule has 2 heterocycles. The molecule has 0 aliphatic heterocycles. The third-order valence-electron chi connectivity index (χ3n) is 2.88. The number of fused-ring (bicyclic) bond motifs is 1. The normalized spacial score (nSPS) is 14.0. The summed E-state index contributed by atoms with van der Waals surface area (Å²) in [4.78, 5) is 4.43. The fourth-order valence-electron chi connectivity index (χ4n) is 1.93. The van der Waals surface area contributed by atoms with E-state index in [-0.39, 0.29) is 17.2 Å². The third-order valence-corrected chi connectivity index (χ3v) is 2.88. The Balaban J connectivity index is 2.44. The van der Waals surface area contributed by atoms with Crippen molar-refractivity contribution >= 4 is 17.9 Å². The van der Waals surface area contributed by atoms with Gasteiger partial charge in [0, 0.05) is 18.6 Å². The van der Waals surface area contributed by atoms with E-state index < -0.39 is 0 Å². The van der Waals surface area contributed by atoms with Gasteiger partial charge in [0.05, 0.1) is 17.2 Å². The molecule has 2 rings (SSSR count). The summed E-state index contributed by atoms with van der Waals surface area (Å²) >= 11 is 0. The van der Waals surface area contributed by atoms with Crippen LogP contribution in [0.25, 0.3) is 5.52 Å². The monoisotopic (exact) mass is 272 g/mol. The quantitative estimate of drug-likeness (QED) is 0.843. The fourth-order valence-corrected chi connectivity index (χ4v) is 1.93. The second-order valence-corrected chi connectivity index (χ2v) is 5.92. The summed E-state index contributed by atoms with van der Waals surface area (Å²) in [6, 6.07) is 3.49. The predicted octanol–water partition coefficient (Wildman–Crippen LogP) is 2.95. The maximum atomic E-state index is 10.1. The van der Waals surface area contributed by atoms with Crippen LogP contribution in [-0.4, -0.2) is 32.7 Å². The molecule has 0 aromatic carbocycles. The lowest BCUT2D eigenvalue weighted by atomic mass is 10.0. The first-order chi connectivity index (χ1) is 9.30. The van der Waals surface area contributed by atoms with E-state index in [0.717, 1.165) is 11.3 Å². The number of aryl methyl sites for hydroxylation is 1. The van der Waals surface area contributed by atoms with Crippen LogP contribution in [0.5, 0.6) is 5.75 Å². The van der Waals surface area contributed by atoms with Gasteiger partial charge in [0.25, 0.3) is 0 Å². The summed E-state index contributed by atoms with van der Waals surface area (Å²) in [6.45, 7) is 7.88. The summed E-state index contributed by atoms with van der Waals surface area (Å²) in [6.07, 6.45) is 4.88. The van der Waals surface area contributed by atoms with E-state index in [2.05, 4.69) is 10.1 Å². The number of hydrogen-bond donors (Lipinski definition) is 2. The van der Waals surface area contributed by atoms with E-state index in [9.17, 15) is 5.11 Å². The Hall–Kier alpha value is -2.17. The smallest absolute Gasteiger partial charge is 0.141 e. The number of nitrogens with zero attached hydrogens (tertiary/aromatic N) is 3. The van der Waals surface area contributed by atoms with Gasteiger partial charge >= 0.3 is 0 Å². The molecule has 2 aromatic heterocycles. The van der Waals surface area contributed by atoms with Gasteiger partial charge in [0.15, 0.2) is 0 Å². The average Bonchev–Trinajstić information content (AvgIpc) is 2.69. The summed E-state index contributed by atoms with van der Waals surface area (Å²) in [5.41, 5.74) is 2.12.